The standard InChI is InChI=1S/C17H24N4O5/c1-10-6-20-12(7-19(10)15(22)26-17(2,3)4)11(5-18-20)21-13-8-24-9-14(13)25-16(21)23/h5,10,13-14H,6-9H2,1-4H3/t10-,13?,14?/m0/s1. The third-order valence-corrected chi connectivity index (χ3v) is 4.88. The minimum Gasteiger partial charge on any atom is -0.444 e. The van der Waals surface area contributed by atoms with Gasteiger partial charge in [-0.1, -0.05) is 0 Å². The van der Waals surface area contributed by atoms with Gasteiger partial charge in [0.1, 0.15) is 11.6 Å². The molecule has 0 spiro atoms. The average molecular weight is 364 g/mol. The van der Waals surface area contributed by atoms with E-state index >= 15 is 0 Å². The van der Waals surface area contributed by atoms with Gasteiger partial charge in [0.05, 0.1) is 49.9 Å². The Balaban J connectivity index is 1.61. The van der Waals surface area contributed by atoms with Gasteiger partial charge in [-0.3, -0.25) is 14.5 Å². The Morgan fingerprint density at radius 3 is 2.85 bits per heavy atom. The molecule has 1 aromatic rings. The number of hydrogen-bond donors (Lipinski definition) is 0. The Hall–Kier alpha value is -2.29. The second-order valence-corrected chi connectivity index (χ2v) is 8.01. The Kier molecular flexibility index (Phi) is 3.87. The molecule has 9 heteroatoms. The van der Waals surface area contributed by atoms with Gasteiger partial charge >= 0.3 is 12.2 Å². The fourth-order valence-electron chi connectivity index (χ4n) is 3.63. The molecule has 0 radical (unpaired) electrons. The van der Waals surface area contributed by atoms with Crippen molar-refractivity contribution in [1.29, 1.82) is 0 Å². The van der Waals surface area contributed by atoms with Gasteiger partial charge in [0.15, 0.2) is 6.10 Å². The number of fused-ring (bicyclic) bond motifs is 2. The van der Waals surface area contributed by atoms with Gasteiger partial charge in [-0.25, -0.2) is 9.59 Å². The van der Waals surface area contributed by atoms with Gasteiger partial charge in [0.25, 0.3) is 0 Å². The molecule has 0 aromatic carbocycles. The molecule has 0 bridgehead atoms. The summed E-state index contributed by atoms with van der Waals surface area (Å²) in [5.74, 6) is 0. The molecule has 3 aliphatic rings. The fraction of sp³-hybridized carbons (Fsp3) is 0.706. The molecule has 4 rings (SSSR count). The van der Waals surface area contributed by atoms with Gasteiger partial charge in [0, 0.05) is 0 Å². The number of carbonyl (C=O) groups excluding carboxylic acids is 2. The summed E-state index contributed by atoms with van der Waals surface area (Å²) in [6.07, 6.45) is 0.668. The van der Waals surface area contributed by atoms with Crippen LogP contribution in [0.15, 0.2) is 6.20 Å². The van der Waals surface area contributed by atoms with Crippen LogP contribution in [0.1, 0.15) is 33.4 Å². The Bertz CT molecular complexity index is 740. The van der Waals surface area contributed by atoms with Crippen LogP contribution in [0.3, 0.4) is 0 Å². The highest BCUT2D eigenvalue weighted by Crippen LogP contribution is 2.35. The Morgan fingerprint density at radius 1 is 1.35 bits per heavy atom. The molecular weight excluding hydrogens is 340 g/mol. The van der Waals surface area contributed by atoms with Crippen LogP contribution in [-0.4, -0.2) is 63.9 Å². The minimum atomic E-state index is -0.565. The van der Waals surface area contributed by atoms with E-state index in [4.69, 9.17) is 14.2 Å². The average Bonchev–Trinajstić information content (AvgIpc) is 3.19. The number of hydrogen-bond acceptors (Lipinski definition) is 6. The first-order chi connectivity index (χ1) is 12.2. The molecule has 142 valence electrons. The number of nitrogens with zero attached hydrogens (tertiary/aromatic N) is 4. The molecular formula is C17H24N4O5. The van der Waals surface area contributed by atoms with Gasteiger partial charge in [-0.05, 0) is 27.7 Å². The predicted molar refractivity (Wildman–Crippen MR) is 90.8 cm³/mol. The lowest BCUT2D eigenvalue weighted by molar-refractivity contribution is 0.00913. The number of aromatic nitrogens is 2. The van der Waals surface area contributed by atoms with Crippen LogP contribution >= 0.6 is 0 Å². The molecule has 4 heterocycles. The van der Waals surface area contributed by atoms with E-state index in [0.717, 1.165) is 5.69 Å². The number of rotatable bonds is 1. The zero-order valence-electron chi connectivity index (χ0n) is 15.5. The third-order valence-electron chi connectivity index (χ3n) is 4.88. The topological polar surface area (TPSA) is 86.1 Å². The van der Waals surface area contributed by atoms with E-state index in [2.05, 4.69) is 5.10 Å². The third kappa shape index (κ3) is 2.80. The Morgan fingerprint density at radius 2 is 2.12 bits per heavy atom. The SMILES string of the molecule is C[C@H]1Cn2ncc(N3C(=O)OC4COCC43)c2CN1C(=O)OC(C)(C)C. The summed E-state index contributed by atoms with van der Waals surface area (Å²) in [5.41, 5.74) is 0.914. The zero-order valence-corrected chi connectivity index (χ0v) is 15.5. The van der Waals surface area contributed by atoms with Crippen molar-refractivity contribution < 1.29 is 23.8 Å². The first-order valence-electron chi connectivity index (χ1n) is 8.86. The maximum atomic E-state index is 12.6. The first-order valence-corrected chi connectivity index (χ1v) is 8.86. The second-order valence-electron chi connectivity index (χ2n) is 8.01. The quantitative estimate of drug-likeness (QED) is 0.755. The monoisotopic (exact) mass is 364 g/mol. The molecule has 9 nitrogen and oxygen atoms in total. The van der Waals surface area contributed by atoms with Crippen molar-refractivity contribution in [1.82, 2.24) is 14.7 Å². The van der Waals surface area contributed by atoms with E-state index in [-0.39, 0.29) is 30.4 Å². The summed E-state index contributed by atoms with van der Waals surface area (Å²) in [5, 5.41) is 4.42. The summed E-state index contributed by atoms with van der Waals surface area (Å²) in [6.45, 7) is 9.21. The van der Waals surface area contributed by atoms with E-state index in [9.17, 15) is 9.59 Å². The molecule has 2 saturated heterocycles. The molecule has 2 fully saturated rings. The van der Waals surface area contributed by atoms with Crippen LogP contribution in [0.4, 0.5) is 15.3 Å². The van der Waals surface area contributed by atoms with Gasteiger partial charge < -0.3 is 14.2 Å². The van der Waals surface area contributed by atoms with E-state index in [1.807, 2.05) is 32.4 Å². The molecule has 0 aliphatic carbocycles. The van der Waals surface area contributed by atoms with Crippen molar-refractivity contribution in [2.45, 2.75) is 64.6 Å². The maximum Gasteiger partial charge on any atom is 0.415 e. The molecule has 0 saturated carbocycles. The highest BCUT2D eigenvalue weighted by atomic mass is 16.6. The maximum absolute atomic E-state index is 12.6. The van der Waals surface area contributed by atoms with E-state index in [1.54, 1.807) is 16.0 Å². The predicted octanol–water partition coefficient (Wildman–Crippen LogP) is 1.75. The Labute approximate surface area is 151 Å². The van der Waals surface area contributed by atoms with Crippen molar-refractivity contribution >= 4 is 17.9 Å². The normalized spacial score (nSPS) is 28.0. The van der Waals surface area contributed by atoms with Crippen molar-refractivity contribution in [2.75, 3.05) is 18.1 Å². The summed E-state index contributed by atoms with van der Waals surface area (Å²) in [7, 11) is 0. The first kappa shape index (κ1) is 17.1. The lowest BCUT2D eigenvalue weighted by Crippen LogP contribution is -2.47. The number of ether oxygens (including phenoxy) is 3. The van der Waals surface area contributed by atoms with Gasteiger partial charge in [-0.2, -0.15) is 5.10 Å². The second kappa shape index (κ2) is 5.87. The van der Waals surface area contributed by atoms with Crippen molar-refractivity contribution in [3.05, 3.63) is 11.9 Å². The molecule has 3 atom stereocenters. The van der Waals surface area contributed by atoms with Crippen LogP contribution in [0.25, 0.3) is 0 Å². The van der Waals surface area contributed by atoms with Crippen molar-refractivity contribution in [2.24, 2.45) is 0 Å². The van der Waals surface area contributed by atoms with Crippen LogP contribution < -0.4 is 4.90 Å². The van der Waals surface area contributed by atoms with Crippen LogP contribution in [-0.2, 0) is 27.3 Å². The van der Waals surface area contributed by atoms with Crippen LogP contribution in [0.5, 0.6) is 0 Å². The van der Waals surface area contributed by atoms with Crippen LogP contribution in [0.2, 0.25) is 0 Å². The van der Waals surface area contributed by atoms with Crippen molar-refractivity contribution in [3.63, 3.8) is 0 Å². The van der Waals surface area contributed by atoms with Gasteiger partial charge in [0.2, 0.25) is 0 Å². The summed E-state index contributed by atoms with van der Waals surface area (Å²) in [6, 6.07) is -0.205. The molecule has 1 aromatic heterocycles. The minimum absolute atomic E-state index is 0.0572. The largest absolute Gasteiger partial charge is 0.444 e. The van der Waals surface area contributed by atoms with E-state index < -0.39 is 5.60 Å². The van der Waals surface area contributed by atoms with E-state index in [0.29, 0.717) is 32.0 Å². The molecule has 2 unspecified atom stereocenters. The number of anilines is 1. The lowest BCUT2D eigenvalue weighted by atomic mass is 10.1. The fourth-order valence-corrected chi connectivity index (χ4v) is 3.63. The summed E-state index contributed by atoms with van der Waals surface area (Å²) >= 11 is 0. The van der Waals surface area contributed by atoms with Gasteiger partial charge in [-0.15, -0.1) is 0 Å². The lowest BCUT2D eigenvalue weighted by Gasteiger charge is -2.36. The molecule has 3 aliphatic heterocycles. The van der Waals surface area contributed by atoms with Crippen molar-refractivity contribution in [3.8, 4) is 0 Å². The molecule has 26 heavy (non-hydrogen) atoms. The molecule has 2 amide bonds. The summed E-state index contributed by atoms with van der Waals surface area (Å²) in [4.78, 5) is 28.2. The van der Waals surface area contributed by atoms with Crippen LogP contribution in [0, 0.1) is 0 Å². The van der Waals surface area contributed by atoms with E-state index in [1.165, 1.54) is 0 Å². The number of amides is 2. The smallest absolute Gasteiger partial charge is 0.415 e. The number of carbonyl (C=O) groups is 2. The zero-order chi connectivity index (χ0) is 18.6. The highest BCUT2D eigenvalue weighted by molar-refractivity contribution is 5.91. The molecule has 0 N–H and O–H groups in total. The highest BCUT2D eigenvalue weighted by Gasteiger charge is 2.48. The summed E-state index contributed by atoms with van der Waals surface area (Å²) < 4.78 is 18.2.